The van der Waals surface area contributed by atoms with Crippen molar-refractivity contribution in [3.8, 4) is 0 Å². The van der Waals surface area contributed by atoms with E-state index >= 15 is 0 Å². The van der Waals surface area contributed by atoms with Crippen molar-refractivity contribution in [3.63, 3.8) is 0 Å². The number of hydrogen-bond acceptors (Lipinski definition) is 2. The van der Waals surface area contributed by atoms with Gasteiger partial charge in [-0.2, -0.15) is 0 Å². The van der Waals surface area contributed by atoms with Crippen LogP contribution in [0, 0.1) is 5.82 Å². The van der Waals surface area contributed by atoms with E-state index in [1.807, 2.05) is 0 Å². The van der Waals surface area contributed by atoms with Crippen LogP contribution in [0.15, 0.2) is 18.5 Å². The average Bonchev–Trinajstić information content (AvgIpc) is 2.14. The lowest BCUT2D eigenvalue weighted by molar-refractivity contribution is 0.587. The predicted molar refractivity (Wildman–Crippen MR) is 50.8 cm³/mol. The molecule has 1 aromatic rings. The summed E-state index contributed by atoms with van der Waals surface area (Å²) in [6, 6.07) is 1.72. The zero-order valence-corrected chi connectivity index (χ0v) is 7.83. The van der Waals surface area contributed by atoms with E-state index in [1.54, 1.807) is 6.20 Å². The minimum Gasteiger partial charge on any atom is -0.328 e. The number of pyridine rings is 1. The van der Waals surface area contributed by atoms with Gasteiger partial charge < -0.3 is 5.73 Å². The fourth-order valence-electron chi connectivity index (χ4n) is 1.15. The first-order valence-electron chi connectivity index (χ1n) is 4.57. The lowest BCUT2D eigenvalue weighted by atomic mass is 10.1. The van der Waals surface area contributed by atoms with Crippen molar-refractivity contribution >= 4 is 0 Å². The van der Waals surface area contributed by atoms with Crippen LogP contribution in [-0.4, -0.2) is 11.0 Å². The topological polar surface area (TPSA) is 38.9 Å². The standard InChI is InChI=1S/C10H15FN2/c1-2-10(12)4-3-8-5-9(11)7-13-6-8/h5-7,10H,2-4,12H2,1H3. The largest absolute Gasteiger partial charge is 0.328 e. The number of hydrogen-bond donors (Lipinski definition) is 1. The van der Waals surface area contributed by atoms with Crippen LogP contribution in [0.2, 0.25) is 0 Å². The van der Waals surface area contributed by atoms with Crippen LogP contribution in [0.4, 0.5) is 4.39 Å². The zero-order valence-electron chi connectivity index (χ0n) is 7.83. The number of nitrogens with zero attached hydrogens (tertiary/aromatic N) is 1. The Morgan fingerprint density at radius 1 is 1.54 bits per heavy atom. The third-order valence-corrected chi connectivity index (χ3v) is 2.09. The van der Waals surface area contributed by atoms with Gasteiger partial charge in [-0.15, -0.1) is 0 Å². The highest BCUT2D eigenvalue weighted by atomic mass is 19.1. The molecule has 0 saturated heterocycles. The van der Waals surface area contributed by atoms with E-state index < -0.39 is 0 Å². The summed E-state index contributed by atoms with van der Waals surface area (Å²) in [6.07, 6.45) is 5.55. The highest BCUT2D eigenvalue weighted by Gasteiger charge is 2.01. The van der Waals surface area contributed by atoms with Crippen molar-refractivity contribution in [2.24, 2.45) is 5.73 Å². The van der Waals surface area contributed by atoms with Crippen molar-refractivity contribution in [1.82, 2.24) is 4.98 Å². The molecule has 0 saturated carbocycles. The molecule has 0 fully saturated rings. The number of aromatic nitrogens is 1. The van der Waals surface area contributed by atoms with Gasteiger partial charge in [-0.05, 0) is 30.9 Å². The smallest absolute Gasteiger partial charge is 0.141 e. The highest BCUT2D eigenvalue weighted by Crippen LogP contribution is 2.06. The summed E-state index contributed by atoms with van der Waals surface area (Å²) in [6.45, 7) is 2.05. The Hall–Kier alpha value is -0.960. The van der Waals surface area contributed by atoms with E-state index in [0.717, 1.165) is 24.8 Å². The van der Waals surface area contributed by atoms with Crippen molar-refractivity contribution in [2.45, 2.75) is 32.2 Å². The second-order valence-electron chi connectivity index (χ2n) is 3.22. The number of halogens is 1. The van der Waals surface area contributed by atoms with Gasteiger partial charge >= 0.3 is 0 Å². The molecule has 72 valence electrons. The molecule has 1 rings (SSSR count). The molecule has 0 bridgehead atoms. The van der Waals surface area contributed by atoms with Gasteiger partial charge in [-0.3, -0.25) is 4.98 Å². The van der Waals surface area contributed by atoms with Crippen LogP contribution < -0.4 is 5.73 Å². The summed E-state index contributed by atoms with van der Waals surface area (Å²) in [7, 11) is 0. The van der Waals surface area contributed by atoms with Gasteiger partial charge in [0.15, 0.2) is 0 Å². The third-order valence-electron chi connectivity index (χ3n) is 2.09. The molecular formula is C10H15FN2. The minimum atomic E-state index is -0.275. The summed E-state index contributed by atoms with van der Waals surface area (Å²) < 4.78 is 12.7. The van der Waals surface area contributed by atoms with E-state index in [1.165, 1.54) is 12.3 Å². The summed E-state index contributed by atoms with van der Waals surface area (Å²) >= 11 is 0. The molecular weight excluding hydrogens is 167 g/mol. The van der Waals surface area contributed by atoms with Crippen LogP contribution in [0.3, 0.4) is 0 Å². The van der Waals surface area contributed by atoms with Crippen molar-refractivity contribution in [3.05, 3.63) is 29.8 Å². The predicted octanol–water partition coefficient (Wildman–Crippen LogP) is 1.89. The van der Waals surface area contributed by atoms with Crippen molar-refractivity contribution in [2.75, 3.05) is 0 Å². The molecule has 0 aliphatic rings. The quantitative estimate of drug-likeness (QED) is 0.772. The van der Waals surface area contributed by atoms with Gasteiger partial charge in [0.25, 0.3) is 0 Å². The Kier molecular flexibility index (Phi) is 3.83. The van der Waals surface area contributed by atoms with E-state index in [0.29, 0.717) is 0 Å². The second-order valence-corrected chi connectivity index (χ2v) is 3.22. The molecule has 0 aliphatic heterocycles. The first-order valence-corrected chi connectivity index (χ1v) is 4.57. The highest BCUT2D eigenvalue weighted by molar-refractivity contribution is 5.10. The molecule has 1 atom stereocenters. The van der Waals surface area contributed by atoms with E-state index in [2.05, 4.69) is 11.9 Å². The van der Waals surface area contributed by atoms with Gasteiger partial charge in [-0.25, -0.2) is 4.39 Å². The second kappa shape index (κ2) is 4.92. The monoisotopic (exact) mass is 182 g/mol. The number of aryl methyl sites for hydroxylation is 1. The summed E-state index contributed by atoms with van der Waals surface area (Å²) in [5, 5.41) is 0. The van der Waals surface area contributed by atoms with Crippen LogP contribution >= 0.6 is 0 Å². The van der Waals surface area contributed by atoms with Crippen molar-refractivity contribution < 1.29 is 4.39 Å². The lowest BCUT2D eigenvalue weighted by Gasteiger charge is -2.07. The summed E-state index contributed by atoms with van der Waals surface area (Å²) in [5.74, 6) is -0.275. The first kappa shape index (κ1) is 10.1. The fourth-order valence-corrected chi connectivity index (χ4v) is 1.15. The summed E-state index contributed by atoms with van der Waals surface area (Å²) in [4.78, 5) is 3.77. The maximum absolute atomic E-state index is 12.7. The number of rotatable bonds is 4. The SMILES string of the molecule is CCC(N)CCc1cncc(F)c1. The Labute approximate surface area is 78.0 Å². The van der Waals surface area contributed by atoms with E-state index in [4.69, 9.17) is 5.73 Å². The molecule has 0 radical (unpaired) electrons. The van der Waals surface area contributed by atoms with Crippen molar-refractivity contribution in [1.29, 1.82) is 0 Å². The van der Waals surface area contributed by atoms with Gasteiger partial charge in [0.2, 0.25) is 0 Å². The third kappa shape index (κ3) is 3.51. The Bertz CT molecular complexity index is 263. The average molecular weight is 182 g/mol. The molecule has 3 heteroatoms. The number of nitrogens with two attached hydrogens (primary N) is 1. The molecule has 13 heavy (non-hydrogen) atoms. The minimum absolute atomic E-state index is 0.211. The molecule has 2 nitrogen and oxygen atoms in total. The normalized spacial score (nSPS) is 12.8. The molecule has 0 amide bonds. The van der Waals surface area contributed by atoms with Gasteiger partial charge in [0.1, 0.15) is 5.82 Å². The Balaban J connectivity index is 2.45. The van der Waals surface area contributed by atoms with Gasteiger partial charge in [0.05, 0.1) is 6.20 Å². The molecule has 1 heterocycles. The molecule has 1 aromatic heterocycles. The zero-order chi connectivity index (χ0) is 9.68. The molecule has 0 aromatic carbocycles. The molecule has 0 aliphatic carbocycles. The van der Waals surface area contributed by atoms with Crippen LogP contribution in [-0.2, 0) is 6.42 Å². The van der Waals surface area contributed by atoms with Gasteiger partial charge in [-0.1, -0.05) is 6.92 Å². The fraction of sp³-hybridized carbons (Fsp3) is 0.500. The summed E-state index contributed by atoms with van der Waals surface area (Å²) in [5.41, 5.74) is 6.66. The maximum atomic E-state index is 12.7. The molecule has 0 spiro atoms. The Morgan fingerprint density at radius 2 is 2.31 bits per heavy atom. The van der Waals surface area contributed by atoms with E-state index in [-0.39, 0.29) is 11.9 Å². The maximum Gasteiger partial charge on any atom is 0.141 e. The van der Waals surface area contributed by atoms with Crippen LogP contribution in [0.5, 0.6) is 0 Å². The lowest BCUT2D eigenvalue weighted by Crippen LogP contribution is -2.19. The van der Waals surface area contributed by atoms with Crippen LogP contribution in [0.25, 0.3) is 0 Å². The van der Waals surface area contributed by atoms with Gasteiger partial charge in [0, 0.05) is 12.2 Å². The van der Waals surface area contributed by atoms with Crippen LogP contribution in [0.1, 0.15) is 25.3 Å². The molecule has 2 N–H and O–H groups in total. The van der Waals surface area contributed by atoms with E-state index in [9.17, 15) is 4.39 Å². The first-order chi connectivity index (χ1) is 6.22. The Morgan fingerprint density at radius 3 is 2.92 bits per heavy atom. The molecule has 1 unspecified atom stereocenters.